The lowest BCUT2D eigenvalue weighted by Crippen LogP contribution is -2.33. The molecule has 1 aromatic heterocycles. The van der Waals surface area contributed by atoms with Crippen molar-refractivity contribution in [1.82, 2.24) is 14.1 Å². The summed E-state index contributed by atoms with van der Waals surface area (Å²) >= 11 is 0. The fourth-order valence-corrected chi connectivity index (χ4v) is 6.23. The third kappa shape index (κ3) is 4.55. The molecule has 0 saturated carbocycles. The highest BCUT2D eigenvalue weighted by Gasteiger charge is 2.38. The SMILES string of the molecule is CCCCS(=O)(=O)N1CCCC1c1nn(CCOc2ccccc2)c2c1COCC2. The average Bonchev–Trinajstić information content (AvgIpc) is 3.39. The Labute approximate surface area is 179 Å². The number of aromatic nitrogens is 2. The first-order valence-corrected chi connectivity index (χ1v) is 12.5. The summed E-state index contributed by atoms with van der Waals surface area (Å²) in [6.07, 6.45) is 4.04. The van der Waals surface area contributed by atoms with Gasteiger partial charge in [-0.3, -0.25) is 4.68 Å². The monoisotopic (exact) mass is 433 g/mol. The van der Waals surface area contributed by atoms with Crippen molar-refractivity contribution >= 4 is 10.0 Å². The maximum Gasteiger partial charge on any atom is 0.214 e. The van der Waals surface area contributed by atoms with Crippen molar-refractivity contribution in [3.63, 3.8) is 0 Å². The van der Waals surface area contributed by atoms with Gasteiger partial charge in [0.15, 0.2) is 0 Å². The van der Waals surface area contributed by atoms with Crippen molar-refractivity contribution in [3.8, 4) is 5.75 Å². The van der Waals surface area contributed by atoms with Gasteiger partial charge in [-0.15, -0.1) is 0 Å². The minimum Gasteiger partial charge on any atom is -0.492 e. The van der Waals surface area contributed by atoms with Crippen LogP contribution in [0.5, 0.6) is 5.75 Å². The number of fused-ring (bicyclic) bond motifs is 1. The van der Waals surface area contributed by atoms with E-state index in [1.165, 1.54) is 0 Å². The first-order valence-electron chi connectivity index (χ1n) is 10.9. The Balaban J connectivity index is 1.54. The molecule has 1 unspecified atom stereocenters. The molecule has 1 atom stereocenters. The number of unbranched alkanes of at least 4 members (excludes halogenated alkanes) is 1. The highest BCUT2D eigenvalue weighted by atomic mass is 32.2. The molecule has 7 nitrogen and oxygen atoms in total. The number of nitrogens with zero attached hydrogens (tertiary/aromatic N) is 3. The third-order valence-corrected chi connectivity index (χ3v) is 7.83. The quantitative estimate of drug-likeness (QED) is 0.607. The van der Waals surface area contributed by atoms with Crippen LogP contribution in [0.1, 0.15) is 55.6 Å². The number of para-hydroxylation sites is 1. The Morgan fingerprint density at radius 2 is 2.10 bits per heavy atom. The first kappa shape index (κ1) is 21.3. The van der Waals surface area contributed by atoms with Gasteiger partial charge in [0.25, 0.3) is 0 Å². The Hall–Kier alpha value is -1.90. The summed E-state index contributed by atoms with van der Waals surface area (Å²) in [6.45, 7) is 4.92. The highest BCUT2D eigenvalue weighted by molar-refractivity contribution is 7.89. The largest absolute Gasteiger partial charge is 0.492 e. The van der Waals surface area contributed by atoms with Crippen LogP contribution in [0, 0.1) is 0 Å². The molecule has 1 saturated heterocycles. The number of hydrogen-bond acceptors (Lipinski definition) is 5. The van der Waals surface area contributed by atoms with Crippen LogP contribution in [0.15, 0.2) is 30.3 Å². The Morgan fingerprint density at radius 1 is 1.27 bits per heavy atom. The lowest BCUT2D eigenvalue weighted by Gasteiger charge is -2.24. The second-order valence-corrected chi connectivity index (χ2v) is 9.98. The third-order valence-electron chi connectivity index (χ3n) is 5.87. The predicted octanol–water partition coefficient (Wildman–Crippen LogP) is 3.30. The molecule has 0 bridgehead atoms. The van der Waals surface area contributed by atoms with Crippen molar-refractivity contribution < 1.29 is 17.9 Å². The summed E-state index contributed by atoms with van der Waals surface area (Å²) in [5.74, 6) is 1.05. The molecular formula is C22H31N3O4S. The van der Waals surface area contributed by atoms with Gasteiger partial charge in [-0.1, -0.05) is 31.5 Å². The standard InChI is InChI=1S/C22H31N3O4S/c1-2-3-16-30(26,27)25-12-7-10-21(25)22-19-17-28-14-11-20(19)24(23-22)13-15-29-18-8-5-4-6-9-18/h4-6,8-9,21H,2-3,7,10-17H2,1H3. The lowest BCUT2D eigenvalue weighted by molar-refractivity contribution is 0.107. The molecular weight excluding hydrogens is 402 g/mol. The molecule has 1 fully saturated rings. The Kier molecular flexibility index (Phi) is 6.75. The number of rotatable bonds is 9. The van der Waals surface area contributed by atoms with Crippen LogP contribution in [-0.4, -0.2) is 48.0 Å². The average molecular weight is 434 g/mol. The normalized spacial score (nSPS) is 19.7. The van der Waals surface area contributed by atoms with Crippen LogP contribution >= 0.6 is 0 Å². The van der Waals surface area contributed by atoms with E-state index in [-0.39, 0.29) is 11.8 Å². The fraction of sp³-hybridized carbons (Fsp3) is 0.591. The molecule has 2 aliphatic heterocycles. The van der Waals surface area contributed by atoms with Crippen molar-refractivity contribution in [2.75, 3.05) is 25.5 Å². The van der Waals surface area contributed by atoms with Crippen LogP contribution in [0.3, 0.4) is 0 Å². The van der Waals surface area contributed by atoms with Gasteiger partial charge < -0.3 is 9.47 Å². The van der Waals surface area contributed by atoms with E-state index in [1.807, 2.05) is 41.9 Å². The van der Waals surface area contributed by atoms with Crippen molar-refractivity contribution in [2.24, 2.45) is 0 Å². The van der Waals surface area contributed by atoms with E-state index in [2.05, 4.69) is 0 Å². The smallest absolute Gasteiger partial charge is 0.214 e. The zero-order valence-corrected chi connectivity index (χ0v) is 18.4. The highest BCUT2D eigenvalue weighted by Crippen LogP contribution is 2.37. The second-order valence-electron chi connectivity index (χ2n) is 7.94. The second kappa shape index (κ2) is 9.49. The molecule has 164 valence electrons. The molecule has 0 spiro atoms. The fourth-order valence-electron chi connectivity index (χ4n) is 4.34. The van der Waals surface area contributed by atoms with Crippen molar-refractivity contribution in [3.05, 3.63) is 47.3 Å². The van der Waals surface area contributed by atoms with Crippen LogP contribution in [-0.2, 0) is 34.3 Å². The minimum atomic E-state index is -3.27. The summed E-state index contributed by atoms with van der Waals surface area (Å²) in [4.78, 5) is 0. The van der Waals surface area contributed by atoms with Crippen molar-refractivity contribution in [2.45, 2.75) is 58.2 Å². The van der Waals surface area contributed by atoms with Crippen molar-refractivity contribution in [1.29, 1.82) is 0 Å². The molecule has 2 aliphatic rings. The Bertz CT molecular complexity index is 943. The molecule has 8 heteroatoms. The van der Waals surface area contributed by atoms with Gasteiger partial charge in [0.1, 0.15) is 12.4 Å². The minimum absolute atomic E-state index is 0.182. The molecule has 4 rings (SSSR count). The van der Waals surface area contributed by atoms with E-state index in [4.69, 9.17) is 14.6 Å². The van der Waals surface area contributed by atoms with Gasteiger partial charge in [-0.2, -0.15) is 9.40 Å². The van der Waals surface area contributed by atoms with E-state index in [0.717, 1.165) is 48.4 Å². The van der Waals surface area contributed by atoms with E-state index in [9.17, 15) is 8.42 Å². The zero-order valence-electron chi connectivity index (χ0n) is 17.6. The molecule has 1 aromatic carbocycles. The predicted molar refractivity (Wildman–Crippen MR) is 115 cm³/mol. The summed E-state index contributed by atoms with van der Waals surface area (Å²) in [6, 6.07) is 9.57. The van der Waals surface area contributed by atoms with E-state index >= 15 is 0 Å². The van der Waals surface area contributed by atoms with Gasteiger partial charge in [0.2, 0.25) is 10.0 Å². The molecule has 0 N–H and O–H groups in total. The molecule has 0 amide bonds. The number of ether oxygens (including phenoxy) is 2. The van der Waals surface area contributed by atoms with Crippen LogP contribution in [0.2, 0.25) is 0 Å². The lowest BCUT2D eigenvalue weighted by atomic mass is 10.0. The summed E-state index contributed by atoms with van der Waals surface area (Å²) in [5.41, 5.74) is 3.11. The van der Waals surface area contributed by atoms with E-state index < -0.39 is 10.0 Å². The summed E-state index contributed by atoms with van der Waals surface area (Å²) in [7, 11) is -3.27. The van der Waals surface area contributed by atoms with Gasteiger partial charge >= 0.3 is 0 Å². The Morgan fingerprint density at radius 3 is 2.90 bits per heavy atom. The van der Waals surface area contributed by atoms with Crippen LogP contribution < -0.4 is 4.74 Å². The van der Waals surface area contributed by atoms with Gasteiger partial charge in [0.05, 0.1) is 37.2 Å². The topological polar surface area (TPSA) is 73.7 Å². The number of benzene rings is 1. The molecule has 0 radical (unpaired) electrons. The van der Waals surface area contributed by atoms with E-state index in [1.54, 1.807) is 4.31 Å². The van der Waals surface area contributed by atoms with E-state index in [0.29, 0.717) is 39.3 Å². The maximum atomic E-state index is 12.9. The van der Waals surface area contributed by atoms with Gasteiger partial charge in [0, 0.05) is 24.2 Å². The summed E-state index contributed by atoms with van der Waals surface area (Å²) < 4.78 is 41.1. The zero-order chi connectivity index (χ0) is 21.0. The summed E-state index contributed by atoms with van der Waals surface area (Å²) in [5, 5.41) is 4.90. The molecule has 30 heavy (non-hydrogen) atoms. The molecule has 2 aromatic rings. The van der Waals surface area contributed by atoms with Crippen LogP contribution in [0.25, 0.3) is 0 Å². The molecule has 0 aliphatic carbocycles. The van der Waals surface area contributed by atoms with Crippen LogP contribution in [0.4, 0.5) is 0 Å². The number of sulfonamides is 1. The first-order chi connectivity index (χ1) is 14.6. The molecule has 3 heterocycles. The number of hydrogen-bond donors (Lipinski definition) is 0. The van der Waals surface area contributed by atoms with Gasteiger partial charge in [-0.05, 0) is 31.4 Å². The van der Waals surface area contributed by atoms with Gasteiger partial charge in [-0.25, -0.2) is 8.42 Å². The maximum absolute atomic E-state index is 12.9.